The van der Waals surface area contributed by atoms with Crippen LogP contribution in [0.25, 0.3) is 0 Å². The van der Waals surface area contributed by atoms with Gasteiger partial charge in [-0.3, -0.25) is 0 Å². The molecule has 0 unspecified atom stereocenters. The van der Waals surface area contributed by atoms with Gasteiger partial charge < -0.3 is 10.5 Å². The number of rotatable bonds is 3. The minimum Gasteiger partial charge on any atom is -0.465 e. The van der Waals surface area contributed by atoms with Crippen molar-refractivity contribution in [1.29, 1.82) is 0 Å². The Morgan fingerprint density at radius 2 is 2.06 bits per heavy atom. The molecule has 1 aromatic carbocycles. The van der Waals surface area contributed by atoms with Crippen LogP contribution < -0.4 is 5.73 Å². The molecule has 0 radical (unpaired) electrons. The van der Waals surface area contributed by atoms with Crippen LogP contribution in [0, 0.1) is 0 Å². The second-order valence-corrected chi connectivity index (χ2v) is 4.55. The summed E-state index contributed by atoms with van der Waals surface area (Å²) in [6, 6.07) is 10.9. The molecule has 1 atom stereocenters. The van der Waals surface area contributed by atoms with Crippen LogP contribution in [0.5, 0.6) is 0 Å². The van der Waals surface area contributed by atoms with Gasteiger partial charge >= 0.3 is 5.97 Å². The zero-order valence-corrected chi connectivity index (χ0v) is 10.2. The van der Waals surface area contributed by atoms with E-state index in [1.807, 2.05) is 29.6 Å². The molecule has 3 nitrogen and oxygen atoms in total. The lowest BCUT2D eigenvalue weighted by molar-refractivity contribution is 0.0599. The van der Waals surface area contributed by atoms with E-state index in [2.05, 4.69) is 0 Å². The van der Waals surface area contributed by atoms with Gasteiger partial charge in [-0.05, 0) is 23.1 Å². The summed E-state index contributed by atoms with van der Waals surface area (Å²) in [5, 5.41) is 1.97. The third kappa shape index (κ3) is 2.38. The van der Waals surface area contributed by atoms with Crippen molar-refractivity contribution in [2.75, 3.05) is 7.11 Å². The van der Waals surface area contributed by atoms with E-state index < -0.39 is 0 Å². The first-order valence-electron chi connectivity index (χ1n) is 5.20. The summed E-state index contributed by atoms with van der Waals surface area (Å²) in [4.78, 5) is 12.7. The molecule has 0 spiro atoms. The summed E-state index contributed by atoms with van der Waals surface area (Å²) in [5.41, 5.74) is 7.47. The van der Waals surface area contributed by atoms with Crippen molar-refractivity contribution in [3.8, 4) is 0 Å². The molecule has 0 aliphatic heterocycles. The average Bonchev–Trinajstić information content (AvgIpc) is 2.91. The summed E-state index contributed by atoms with van der Waals surface area (Å²) in [7, 11) is 1.37. The largest absolute Gasteiger partial charge is 0.465 e. The summed E-state index contributed by atoms with van der Waals surface area (Å²) >= 11 is 1.58. The normalized spacial score (nSPS) is 12.1. The van der Waals surface area contributed by atoms with Crippen LogP contribution in [-0.2, 0) is 4.74 Å². The Bertz CT molecular complexity index is 508. The lowest BCUT2D eigenvalue weighted by Crippen LogP contribution is -2.15. The predicted molar refractivity (Wildman–Crippen MR) is 68.1 cm³/mol. The van der Waals surface area contributed by atoms with Gasteiger partial charge in [0, 0.05) is 4.88 Å². The van der Waals surface area contributed by atoms with E-state index in [1.165, 1.54) is 7.11 Å². The van der Waals surface area contributed by atoms with Crippen LogP contribution >= 0.6 is 11.3 Å². The second-order valence-electron chi connectivity index (χ2n) is 3.57. The van der Waals surface area contributed by atoms with E-state index in [0.717, 1.165) is 10.4 Å². The standard InChI is InChI=1S/C13H13NO2S/c1-16-13(15)10-6-3-2-5-9(10)12(14)11-7-4-8-17-11/h2-8,12H,14H2,1H3/t12-/m0/s1. The number of carbonyl (C=O) groups excluding carboxylic acids is 1. The van der Waals surface area contributed by atoms with Gasteiger partial charge in [0.1, 0.15) is 0 Å². The smallest absolute Gasteiger partial charge is 0.338 e. The Kier molecular flexibility index (Phi) is 3.56. The van der Waals surface area contributed by atoms with Crippen LogP contribution in [0.2, 0.25) is 0 Å². The van der Waals surface area contributed by atoms with Gasteiger partial charge in [-0.15, -0.1) is 11.3 Å². The molecule has 2 N–H and O–H groups in total. The van der Waals surface area contributed by atoms with E-state index in [4.69, 9.17) is 10.5 Å². The molecule has 2 aromatic rings. The maximum Gasteiger partial charge on any atom is 0.338 e. The highest BCUT2D eigenvalue weighted by Crippen LogP contribution is 2.26. The van der Waals surface area contributed by atoms with Crippen molar-refractivity contribution in [3.05, 3.63) is 57.8 Å². The van der Waals surface area contributed by atoms with Gasteiger partial charge in [0.25, 0.3) is 0 Å². The van der Waals surface area contributed by atoms with E-state index >= 15 is 0 Å². The first kappa shape index (κ1) is 11.8. The molecule has 0 amide bonds. The van der Waals surface area contributed by atoms with Crippen molar-refractivity contribution < 1.29 is 9.53 Å². The minimum absolute atomic E-state index is 0.287. The molecule has 2 rings (SSSR count). The molecule has 4 heteroatoms. The molecule has 0 aliphatic rings. The number of carbonyl (C=O) groups is 1. The van der Waals surface area contributed by atoms with E-state index in [1.54, 1.807) is 23.5 Å². The molecular formula is C13H13NO2S. The van der Waals surface area contributed by atoms with Crippen LogP contribution in [0.1, 0.15) is 26.8 Å². The third-order valence-corrected chi connectivity index (χ3v) is 3.51. The topological polar surface area (TPSA) is 52.3 Å². The third-order valence-electron chi connectivity index (χ3n) is 2.55. The van der Waals surface area contributed by atoms with E-state index in [0.29, 0.717) is 5.56 Å². The molecule has 0 aliphatic carbocycles. The first-order chi connectivity index (χ1) is 8.24. The summed E-state index contributed by atoms with van der Waals surface area (Å²) < 4.78 is 4.75. The van der Waals surface area contributed by atoms with Crippen molar-refractivity contribution in [2.45, 2.75) is 6.04 Å². The number of benzene rings is 1. The second kappa shape index (κ2) is 5.12. The van der Waals surface area contributed by atoms with Crippen molar-refractivity contribution in [3.63, 3.8) is 0 Å². The number of hydrogen-bond donors (Lipinski definition) is 1. The first-order valence-corrected chi connectivity index (χ1v) is 6.08. The number of thiophene rings is 1. The SMILES string of the molecule is COC(=O)c1ccccc1[C@H](N)c1cccs1. The molecule has 0 bridgehead atoms. The Morgan fingerprint density at radius 1 is 1.29 bits per heavy atom. The number of nitrogens with two attached hydrogens (primary N) is 1. The van der Waals surface area contributed by atoms with Gasteiger partial charge in [0.15, 0.2) is 0 Å². The molecule has 1 aromatic heterocycles. The molecule has 1 heterocycles. The quantitative estimate of drug-likeness (QED) is 0.848. The fraction of sp³-hybridized carbons (Fsp3) is 0.154. The Hall–Kier alpha value is -1.65. The lowest BCUT2D eigenvalue weighted by atomic mass is 10.00. The number of esters is 1. The van der Waals surface area contributed by atoms with Gasteiger partial charge in [-0.2, -0.15) is 0 Å². The van der Waals surface area contributed by atoms with Crippen molar-refractivity contribution in [2.24, 2.45) is 5.73 Å². The van der Waals surface area contributed by atoms with E-state index in [-0.39, 0.29) is 12.0 Å². The van der Waals surface area contributed by atoms with Crippen LogP contribution in [-0.4, -0.2) is 13.1 Å². The highest BCUT2D eigenvalue weighted by Gasteiger charge is 2.18. The Balaban J connectivity index is 2.41. The Labute approximate surface area is 104 Å². The van der Waals surface area contributed by atoms with Crippen LogP contribution in [0.15, 0.2) is 41.8 Å². The monoisotopic (exact) mass is 247 g/mol. The summed E-state index contributed by atoms with van der Waals surface area (Å²) in [5.74, 6) is -0.354. The Morgan fingerprint density at radius 3 is 2.71 bits per heavy atom. The molecule has 0 fully saturated rings. The number of hydrogen-bond acceptors (Lipinski definition) is 4. The number of methoxy groups -OCH3 is 1. The molecule has 0 saturated heterocycles. The van der Waals surface area contributed by atoms with Gasteiger partial charge in [-0.25, -0.2) is 4.79 Å². The highest BCUT2D eigenvalue weighted by atomic mass is 32.1. The maximum absolute atomic E-state index is 11.6. The molecule has 88 valence electrons. The van der Waals surface area contributed by atoms with Crippen LogP contribution in [0.3, 0.4) is 0 Å². The zero-order valence-electron chi connectivity index (χ0n) is 9.42. The fourth-order valence-corrected chi connectivity index (χ4v) is 2.43. The number of ether oxygens (including phenoxy) is 1. The van der Waals surface area contributed by atoms with E-state index in [9.17, 15) is 4.79 Å². The molecule has 17 heavy (non-hydrogen) atoms. The van der Waals surface area contributed by atoms with Crippen molar-refractivity contribution in [1.82, 2.24) is 0 Å². The molecular weight excluding hydrogens is 234 g/mol. The van der Waals surface area contributed by atoms with Gasteiger partial charge in [-0.1, -0.05) is 24.3 Å². The maximum atomic E-state index is 11.6. The lowest BCUT2D eigenvalue weighted by Gasteiger charge is -2.13. The summed E-state index contributed by atoms with van der Waals surface area (Å²) in [6.45, 7) is 0. The average molecular weight is 247 g/mol. The fourth-order valence-electron chi connectivity index (χ4n) is 1.69. The summed E-state index contributed by atoms with van der Waals surface area (Å²) in [6.07, 6.45) is 0. The minimum atomic E-state index is -0.354. The predicted octanol–water partition coefficient (Wildman–Crippen LogP) is 2.58. The van der Waals surface area contributed by atoms with Gasteiger partial charge in [0.2, 0.25) is 0 Å². The van der Waals surface area contributed by atoms with Crippen molar-refractivity contribution >= 4 is 17.3 Å². The van der Waals surface area contributed by atoms with Crippen LogP contribution in [0.4, 0.5) is 0 Å². The highest BCUT2D eigenvalue weighted by molar-refractivity contribution is 7.10. The zero-order chi connectivity index (χ0) is 12.3. The van der Waals surface area contributed by atoms with Gasteiger partial charge in [0.05, 0.1) is 18.7 Å². The molecule has 0 saturated carbocycles.